The van der Waals surface area contributed by atoms with Gasteiger partial charge in [0.05, 0.1) is 0 Å². The van der Waals surface area contributed by atoms with Crippen LogP contribution in [0.2, 0.25) is 0 Å². The lowest BCUT2D eigenvalue weighted by molar-refractivity contribution is 0.0465. The Kier molecular flexibility index (Phi) is 5.40. The number of amides is 1. The second-order valence-corrected chi connectivity index (χ2v) is 6.85. The molecule has 2 rings (SSSR count). The number of alkyl carbamates (subject to hydrolysis) is 1. The largest absolute Gasteiger partial charge is 0.444 e. The van der Waals surface area contributed by atoms with Gasteiger partial charge in [-0.05, 0) is 64.3 Å². The fourth-order valence-electron chi connectivity index (χ4n) is 2.49. The third kappa shape index (κ3) is 5.64. The Morgan fingerprint density at radius 2 is 2.05 bits per heavy atom. The van der Waals surface area contributed by atoms with Gasteiger partial charge >= 0.3 is 6.09 Å². The van der Waals surface area contributed by atoms with Crippen LogP contribution in [0.25, 0.3) is 0 Å². The number of carbonyl (C=O) groups excluding carboxylic acids is 1. The zero-order chi connectivity index (χ0) is 16.2. The molecule has 2 N–H and O–H groups in total. The second kappa shape index (κ2) is 7.09. The van der Waals surface area contributed by atoms with Crippen molar-refractivity contribution in [2.45, 2.75) is 57.7 Å². The highest BCUT2D eigenvalue weighted by Gasteiger charge is 2.31. The lowest BCUT2D eigenvalue weighted by Gasteiger charge is -2.36. The lowest BCUT2D eigenvalue weighted by Crippen LogP contribution is -2.53. The van der Waals surface area contributed by atoms with E-state index in [0.717, 1.165) is 31.4 Å². The van der Waals surface area contributed by atoms with E-state index in [1.54, 1.807) is 12.1 Å². The van der Waals surface area contributed by atoms with Gasteiger partial charge in [0.1, 0.15) is 11.4 Å². The Morgan fingerprint density at radius 3 is 2.68 bits per heavy atom. The fourth-order valence-corrected chi connectivity index (χ4v) is 2.49. The summed E-state index contributed by atoms with van der Waals surface area (Å²) in [5.74, 6) is -0.192. The van der Waals surface area contributed by atoms with Gasteiger partial charge in [-0.1, -0.05) is 12.1 Å². The third-order valence-corrected chi connectivity index (χ3v) is 3.59. The minimum Gasteiger partial charge on any atom is -0.444 e. The predicted molar refractivity (Wildman–Crippen MR) is 84.3 cm³/mol. The SMILES string of the molecule is CC(C)(C)OC(=O)NC1CC(NCCc2cccc(F)c2)C1. The third-order valence-electron chi connectivity index (χ3n) is 3.59. The molecule has 5 heteroatoms. The maximum absolute atomic E-state index is 13.0. The molecular weight excluding hydrogens is 283 g/mol. The van der Waals surface area contributed by atoms with E-state index >= 15 is 0 Å². The van der Waals surface area contributed by atoms with Gasteiger partial charge in [0.2, 0.25) is 0 Å². The highest BCUT2D eigenvalue weighted by molar-refractivity contribution is 5.68. The van der Waals surface area contributed by atoms with Crippen LogP contribution in [0.4, 0.5) is 9.18 Å². The summed E-state index contributed by atoms with van der Waals surface area (Å²) < 4.78 is 18.3. The molecule has 1 amide bonds. The molecule has 0 radical (unpaired) electrons. The highest BCUT2D eigenvalue weighted by atomic mass is 19.1. The van der Waals surface area contributed by atoms with E-state index in [4.69, 9.17) is 4.74 Å². The molecule has 0 unspecified atom stereocenters. The molecule has 1 aliphatic rings. The number of nitrogens with one attached hydrogen (secondary N) is 2. The van der Waals surface area contributed by atoms with Gasteiger partial charge in [-0.2, -0.15) is 0 Å². The van der Waals surface area contributed by atoms with E-state index in [2.05, 4.69) is 10.6 Å². The smallest absolute Gasteiger partial charge is 0.407 e. The molecule has 0 bridgehead atoms. The quantitative estimate of drug-likeness (QED) is 0.879. The minimum atomic E-state index is -0.462. The van der Waals surface area contributed by atoms with Crippen molar-refractivity contribution in [2.24, 2.45) is 0 Å². The van der Waals surface area contributed by atoms with Gasteiger partial charge < -0.3 is 15.4 Å². The zero-order valence-electron chi connectivity index (χ0n) is 13.5. The molecule has 1 aromatic carbocycles. The van der Waals surface area contributed by atoms with Gasteiger partial charge in [-0.25, -0.2) is 9.18 Å². The first-order chi connectivity index (χ1) is 10.3. The number of benzene rings is 1. The fraction of sp³-hybridized carbons (Fsp3) is 0.588. The van der Waals surface area contributed by atoms with Crippen LogP contribution in [0.5, 0.6) is 0 Å². The summed E-state index contributed by atoms with van der Waals surface area (Å²) in [6.45, 7) is 6.37. The maximum Gasteiger partial charge on any atom is 0.407 e. The zero-order valence-corrected chi connectivity index (χ0v) is 13.5. The second-order valence-electron chi connectivity index (χ2n) is 6.85. The molecule has 22 heavy (non-hydrogen) atoms. The van der Waals surface area contributed by atoms with E-state index in [9.17, 15) is 9.18 Å². The summed E-state index contributed by atoms with van der Waals surface area (Å²) in [5.41, 5.74) is 0.534. The molecule has 0 saturated heterocycles. The Hall–Kier alpha value is -1.62. The topological polar surface area (TPSA) is 50.4 Å². The normalized spacial score (nSPS) is 21.1. The van der Waals surface area contributed by atoms with Gasteiger partial charge in [-0.3, -0.25) is 0 Å². The van der Waals surface area contributed by atoms with Crippen LogP contribution in [0.1, 0.15) is 39.2 Å². The molecule has 1 saturated carbocycles. The highest BCUT2D eigenvalue weighted by Crippen LogP contribution is 2.20. The van der Waals surface area contributed by atoms with Crippen molar-refractivity contribution in [3.8, 4) is 0 Å². The average Bonchev–Trinajstić information content (AvgIpc) is 2.33. The van der Waals surface area contributed by atoms with Crippen LogP contribution < -0.4 is 10.6 Å². The van der Waals surface area contributed by atoms with Crippen LogP contribution in [0.3, 0.4) is 0 Å². The summed E-state index contributed by atoms with van der Waals surface area (Å²) in [6, 6.07) is 7.27. The van der Waals surface area contributed by atoms with Crippen LogP contribution in [-0.4, -0.2) is 30.3 Å². The monoisotopic (exact) mass is 308 g/mol. The first kappa shape index (κ1) is 16.7. The molecule has 0 atom stereocenters. The van der Waals surface area contributed by atoms with Gasteiger partial charge in [0.15, 0.2) is 0 Å². The average molecular weight is 308 g/mol. The van der Waals surface area contributed by atoms with Crippen molar-refractivity contribution in [1.29, 1.82) is 0 Å². The number of ether oxygens (including phenoxy) is 1. The van der Waals surface area contributed by atoms with Crippen molar-refractivity contribution >= 4 is 6.09 Å². The molecule has 122 valence electrons. The minimum absolute atomic E-state index is 0.182. The first-order valence-electron chi connectivity index (χ1n) is 7.79. The number of hydrogen-bond acceptors (Lipinski definition) is 3. The standard InChI is InChI=1S/C17H25FN2O2/c1-17(2,3)22-16(21)20-15-10-14(11-15)19-8-7-12-5-4-6-13(18)9-12/h4-6,9,14-15,19H,7-8,10-11H2,1-3H3,(H,20,21). The summed E-state index contributed by atoms with van der Waals surface area (Å²) in [6.07, 6.45) is 2.26. The van der Waals surface area contributed by atoms with Crippen molar-refractivity contribution < 1.29 is 13.9 Å². The lowest BCUT2D eigenvalue weighted by atomic mass is 9.87. The van der Waals surface area contributed by atoms with Crippen LogP contribution in [0, 0.1) is 5.82 Å². The summed E-state index contributed by atoms with van der Waals surface area (Å²) in [4.78, 5) is 11.6. The molecule has 0 aliphatic heterocycles. The van der Waals surface area contributed by atoms with Gasteiger partial charge in [-0.15, -0.1) is 0 Å². The summed E-state index contributed by atoms with van der Waals surface area (Å²) in [7, 11) is 0. The van der Waals surface area contributed by atoms with Crippen molar-refractivity contribution in [3.63, 3.8) is 0 Å². The number of halogens is 1. The van der Waals surface area contributed by atoms with E-state index in [0.29, 0.717) is 6.04 Å². The molecule has 0 heterocycles. The number of carbonyl (C=O) groups is 1. The van der Waals surface area contributed by atoms with E-state index in [1.165, 1.54) is 6.07 Å². The molecule has 1 aromatic rings. The first-order valence-corrected chi connectivity index (χ1v) is 7.79. The number of rotatable bonds is 5. The molecule has 4 nitrogen and oxygen atoms in total. The van der Waals surface area contributed by atoms with Crippen molar-refractivity contribution in [2.75, 3.05) is 6.54 Å². The predicted octanol–water partition coefficient (Wildman–Crippen LogP) is 3.01. The molecule has 0 spiro atoms. The molecule has 1 aliphatic carbocycles. The Bertz CT molecular complexity index is 508. The van der Waals surface area contributed by atoms with Gasteiger partial charge in [0, 0.05) is 12.1 Å². The van der Waals surface area contributed by atoms with Crippen LogP contribution in [-0.2, 0) is 11.2 Å². The van der Waals surface area contributed by atoms with E-state index in [-0.39, 0.29) is 18.0 Å². The molecule has 1 fully saturated rings. The summed E-state index contributed by atoms with van der Waals surface area (Å²) >= 11 is 0. The van der Waals surface area contributed by atoms with Crippen LogP contribution >= 0.6 is 0 Å². The maximum atomic E-state index is 13.0. The van der Waals surface area contributed by atoms with Crippen molar-refractivity contribution in [3.05, 3.63) is 35.6 Å². The molecular formula is C17H25FN2O2. The number of hydrogen-bond donors (Lipinski definition) is 2. The van der Waals surface area contributed by atoms with E-state index < -0.39 is 5.60 Å². The Labute approximate surface area is 131 Å². The van der Waals surface area contributed by atoms with E-state index in [1.807, 2.05) is 26.8 Å². The van der Waals surface area contributed by atoms with Crippen LogP contribution in [0.15, 0.2) is 24.3 Å². The summed E-state index contributed by atoms with van der Waals surface area (Å²) in [5, 5.41) is 6.29. The van der Waals surface area contributed by atoms with Crippen molar-refractivity contribution in [1.82, 2.24) is 10.6 Å². The van der Waals surface area contributed by atoms with Gasteiger partial charge in [0.25, 0.3) is 0 Å². The molecule has 0 aromatic heterocycles. The Balaban J connectivity index is 1.59. The Morgan fingerprint density at radius 1 is 1.32 bits per heavy atom.